The number of ether oxygens (including phenoxy) is 1. The first kappa shape index (κ1) is 13.8. The van der Waals surface area contributed by atoms with Crippen molar-refractivity contribution in [1.82, 2.24) is 5.43 Å². The van der Waals surface area contributed by atoms with Crippen molar-refractivity contribution >= 4 is 0 Å². The second-order valence-corrected chi connectivity index (χ2v) is 7.18. The van der Waals surface area contributed by atoms with E-state index in [9.17, 15) is 0 Å². The highest BCUT2D eigenvalue weighted by molar-refractivity contribution is 4.92. The van der Waals surface area contributed by atoms with Crippen LogP contribution in [0, 0.1) is 23.7 Å². The van der Waals surface area contributed by atoms with Gasteiger partial charge in [-0.2, -0.15) is 0 Å². The molecule has 0 saturated heterocycles. The van der Waals surface area contributed by atoms with Crippen LogP contribution in [0.5, 0.6) is 0 Å². The van der Waals surface area contributed by atoms with Crippen molar-refractivity contribution in [2.45, 2.75) is 70.4 Å². The normalized spacial score (nSPS) is 42.3. The summed E-state index contributed by atoms with van der Waals surface area (Å²) in [4.78, 5) is 0. The van der Waals surface area contributed by atoms with E-state index in [1.54, 1.807) is 0 Å². The molecule has 2 bridgehead atoms. The Morgan fingerprint density at radius 2 is 2.00 bits per heavy atom. The van der Waals surface area contributed by atoms with E-state index < -0.39 is 0 Å². The van der Waals surface area contributed by atoms with Crippen LogP contribution in [0.2, 0.25) is 0 Å². The molecule has 4 atom stereocenters. The zero-order chi connectivity index (χ0) is 13.2. The number of hydrazine groups is 1. The molecule has 3 N–H and O–H groups in total. The summed E-state index contributed by atoms with van der Waals surface area (Å²) >= 11 is 0. The number of fused-ring (bicyclic) bond motifs is 2. The first-order valence-corrected chi connectivity index (χ1v) is 8.36. The van der Waals surface area contributed by atoms with Gasteiger partial charge in [0.25, 0.3) is 0 Å². The van der Waals surface area contributed by atoms with Crippen molar-refractivity contribution in [2.24, 2.45) is 29.5 Å². The Balaban J connectivity index is 1.39. The zero-order valence-corrected chi connectivity index (χ0v) is 12.3. The first-order chi connectivity index (χ1) is 9.28. The van der Waals surface area contributed by atoms with Crippen LogP contribution in [0.25, 0.3) is 0 Å². The summed E-state index contributed by atoms with van der Waals surface area (Å²) in [5, 5.41) is 0. The summed E-state index contributed by atoms with van der Waals surface area (Å²) < 4.78 is 5.65. The summed E-state index contributed by atoms with van der Waals surface area (Å²) in [7, 11) is 0. The molecule has 3 rings (SSSR count). The zero-order valence-electron chi connectivity index (χ0n) is 12.3. The van der Waals surface area contributed by atoms with Crippen LogP contribution in [-0.4, -0.2) is 18.8 Å². The van der Waals surface area contributed by atoms with Gasteiger partial charge in [-0.25, -0.2) is 0 Å². The van der Waals surface area contributed by atoms with Gasteiger partial charge in [0.15, 0.2) is 0 Å². The topological polar surface area (TPSA) is 47.3 Å². The fraction of sp³-hybridized carbons (Fsp3) is 1.00. The predicted molar refractivity (Wildman–Crippen MR) is 77.4 cm³/mol. The van der Waals surface area contributed by atoms with Crippen LogP contribution < -0.4 is 11.3 Å². The molecule has 0 aliphatic heterocycles. The summed E-state index contributed by atoms with van der Waals surface area (Å²) in [5.74, 6) is 9.67. The van der Waals surface area contributed by atoms with Gasteiger partial charge in [-0.1, -0.05) is 6.42 Å². The minimum Gasteiger partial charge on any atom is -0.378 e. The predicted octanol–water partition coefficient (Wildman–Crippen LogP) is 2.85. The largest absolute Gasteiger partial charge is 0.378 e. The fourth-order valence-corrected chi connectivity index (χ4v) is 4.90. The molecule has 0 aromatic carbocycles. The highest BCUT2D eigenvalue weighted by atomic mass is 16.5. The van der Waals surface area contributed by atoms with Gasteiger partial charge in [-0.15, -0.1) is 0 Å². The van der Waals surface area contributed by atoms with Crippen molar-refractivity contribution in [3.05, 3.63) is 0 Å². The standard InChI is InChI=1S/C16H30N2O/c1-2-19-16-8-12(9-16)7-15(18-17)10-14-6-11-3-4-13(14)5-11/h11-16,18H,2-10,17H2,1H3. The molecule has 19 heavy (non-hydrogen) atoms. The van der Waals surface area contributed by atoms with E-state index >= 15 is 0 Å². The molecule has 0 aromatic heterocycles. The van der Waals surface area contributed by atoms with Crippen LogP contribution in [0.4, 0.5) is 0 Å². The summed E-state index contributed by atoms with van der Waals surface area (Å²) in [6.07, 6.45) is 11.6. The smallest absolute Gasteiger partial charge is 0.0580 e. The maximum Gasteiger partial charge on any atom is 0.0580 e. The lowest BCUT2D eigenvalue weighted by atomic mass is 9.75. The Kier molecular flexibility index (Phi) is 4.45. The molecular weight excluding hydrogens is 236 g/mol. The molecule has 110 valence electrons. The molecule has 3 aliphatic carbocycles. The monoisotopic (exact) mass is 266 g/mol. The van der Waals surface area contributed by atoms with E-state index in [-0.39, 0.29) is 0 Å². The Morgan fingerprint density at radius 3 is 2.58 bits per heavy atom. The van der Waals surface area contributed by atoms with E-state index in [1.807, 2.05) is 0 Å². The van der Waals surface area contributed by atoms with Crippen molar-refractivity contribution in [3.63, 3.8) is 0 Å². The van der Waals surface area contributed by atoms with Crippen LogP contribution in [-0.2, 0) is 4.74 Å². The van der Waals surface area contributed by atoms with Gasteiger partial charge in [0, 0.05) is 12.6 Å². The number of hydrogen-bond acceptors (Lipinski definition) is 3. The van der Waals surface area contributed by atoms with E-state index in [0.717, 1.165) is 30.3 Å². The van der Waals surface area contributed by atoms with Gasteiger partial charge < -0.3 is 4.74 Å². The summed E-state index contributed by atoms with van der Waals surface area (Å²) in [6.45, 7) is 2.95. The highest BCUT2D eigenvalue weighted by Gasteiger charge is 2.40. The molecule has 3 aliphatic rings. The quantitative estimate of drug-likeness (QED) is 0.550. The molecule has 4 unspecified atom stereocenters. The van der Waals surface area contributed by atoms with E-state index in [2.05, 4.69) is 12.3 Å². The number of nitrogens with one attached hydrogen (secondary N) is 1. The SMILES string of the molecule is CCOC1CC(CC(CC2CC3CCC2C3)NN)C1. The number of hydrogen-bond donors (Lipinski definition) is 2. The maximum atomic E-state index is 5.79. The Bertz CT molecular complexity index is 290. The lowest BCUT2D eigenvalue weighted by Gasteiger charge is -2.37. The first-order valence-electron chi connectivity index (χ1n) is 8.36. The van der Waals surface area contributed by atoms with Crippen LogP contribution >= 0.6 is 0 Å². The van der Waals surface area contributed by atoms with Gasteiger partial charge >= 0.3 is 0 Å². The van der Waals surface area contributed by atoms with Crippen molar-refractivity contribution in [2.75, 3.05) is 6.61 Å². The third kappa shape index (κ3) is 3.14. The molecule has 0 aromatic rings. The molecular formula is C16H30N2O. The molecule has 0 heterocycles. The van der Waals surface area contributed by atoms with Gasteiger partial charge in [0.2, 0.25) is 0 Å². The second-order valence-electron chi connectivity index (χ2n) is 7.18. The fourth-order valence-electron chi connectivity index (χ4n) is 4.90. The molecule has 3 saturated carbocycles. The average Bonchev–Trinajstić information content (AvgIpc) is 2.97. The van der Waals surface area contributed by atoms with Gasteiger partial charge in [0.05, 0.1) is 6.10 Å². The Hall–Kier alpha value is -0.120. The lowest BCUT2D eigenvalue weighted by molar-refractivity contribution is -0.0298. The van der Waals surface area contributed by atoms with Crippen LogP contribution in [0.1, 0.15) is 58.3 Å². The molecule has 3 heteroatoms. The average molecular weight is 266 g/mol. The highest BCUT2D eigenvalue weighted by Crippen LogP contribution is 2.50. The Morgan fingerprint density at radius 1 is 1.16 bits per heavy atom. The van der Waals surface area contributed by atoms with Crippen molar-refractivity contribution in [1.29, 1.82) is 0 Å². The van der Waals surface area contributed by atoms with Crippen LogP contribution in [0.3, 0.4) is 0 Å². The van der Waals surface area contributed by atoms with Gasteiger partial charge in [-0.05, 0) is 75.5 Å². The van der Waals surface area contributed by atoms with Crippen molar-refractivity contribution in [3.8, 4) is 0 Å². The molecule has 0 radical (unpaired) electrons. The molecule has 0 spiro atoms. The molecule has 3 nitrogen and oxygen atoms in total. The number of nitrogens with two attached hydrogens (primary N) is 1. The van der Waals surface area contributed by atoms with Gasteiger partial charge in [0.1, 0.15) is 0 Å². The van der Waals surface area contributed by atoms with Gasteiger partial charge in [-0.3, -0.25) is 11.3 Å². The lowest BCUT2D eigenvalue weighted by Crippen LogP contribution is -2.42. The van der Waals surface area contributed by atoms with Crippen molar-refractivity contribution < 1.29 is 4.74 Å². The molecule has 3 fully saturated rings. The summed E-state index contributed by atoms with van der Waals surface area (Å²) in [5.41, 5.74) is 3.09. The second kappa shape index (κ2) is 6.11. The Labute approximate surface area is 117 Å². The van der Waals surface area contributed by atoms with E-state index in [0.29, 0.717) is 12.1 Å². The molecule has 0 amide bonds. The maximum absolute atomic E-state index is 5.79. The third-order valence-electron chi connectivity index (χ3n) is 5.92. The summed E-state index contributed by atoms with van der Waals surface area (Å²) in [6, 6.07) is 0.539. The third-order valence-corrected chi connectivity index (χ3v) is 5.92. The van der Waals surface area contributed by atoms with Crippen LogP contribution in [0.15, 0.2) is 0 Å². The number of rotatable bonds is 7. The van der Waals surface area contributed by atoms with E-state index in [4.69, 9.17) is 10.6 Å². The van der Waals surface area contributed by atoms with E-state index in [1.165, 1.54) is 51.4 Å². The minimum absolute atomic E-state index is 0.538. The minimum atomic E-state index is 0.538.